The van der Waals surface area contributed by atoms with E-state index in [9.17, 15) is 14.4 Å². The van der Waals surface area contributed by atoms with Crippen LogP contribution in [-0.2, 0) is 11.2 Å². The Morgan fingerprint density at radius 2 is 1.73 bits per heavy atom. The molecule has 6 rings (SSSR count). The van der Waals surface area contributed by atoms with Gasteiger partial charge in [0.25, 0.3) is 0 Å². The number of aryl methyl sites for hydroxylation is 1. The van der Waals surface area contributed by atoms with Crippen molar-refractivity contribution in [1.29, 1.82) is 5.26 Å². The van der Waals surface area contributed by atoms with Crippen LogP contribution < -0.4 is 9.80 Å². The number of ketones is 1. The summed E-state index contributed by atoms with van der Waals surface area (Å²) in [6.45, 7) is 3.33. The summed E-state index contributed by atoms with van der Waals surface area (Å²) in [6, 6.07) is 12.2. The summed E-state index contributed by atoms with van der Waals surface area (Å²) >= 11 is 1.28. The maximum absolute atomic E-state index is 13.5. The molecule has 11 heteroatoms. The highest BCUT2D eigenvalue weighted by molar-refractivity contribution is 7.16. The van der Waals surface area contributed by atoms with Gasteiger partial charge < -0.3 is 9.80 Å². The number of nitriles is 1. The van der Waals surface area contributed by atoms with E-state index >= 15 is 0 Å². The molecule has 1 aliphatic heterocycles. The molecule has 0 N–H and O–H groups in total. The molecule has 0 atom stereocenters. The molecular weight excluding hydrogens is 527 g/mol. The Morgan fingerprint density at radius 1 is 1.02 bits per heavy atom. The number of rotatable bonds is 6. The second-order valence-electron chi connectivity index (χ2n) is 9.53. The van der Waals surface area contributed by atoms with Crippen molar-refractivity contribution in [1.82, 2.24) is 24.3 Å². The number of halogens is 1. The smallest absolute Gasteiger partial charge is 0.225 e. The van der Waals surface area contributed by atoms with Gasteiger partial charge >= 0.3 is 0 Å². The van der Waals surface area contributed by atoms with E-state index in [0.29, 0.717) is 59.6 Å². The third-order valence-electron chi connectivity index (χ3n) is 7.01. The summed E-state index contributed by atoms with van der Waals surface area (Å²) in [6.07, 6.45) is 7.36. The van der Waals surface area contributed by atoms with Crippen LogP contribution in [-0.4, -0.2) is 50.3 Å². The monoisotopic (exact) mass is 552 g/mol. The fraction of sp³-hybridized carbons (Fsp3) is 0.241. The van der Waals surface area contributed by atoms with E-state index in [1.54, 1.807) is 24.5 Å². The number of hydrogen-bond acceptors (Lipinski definition) is 9. The minimum atomic E-state index is -0.341. The molecule has 1 saturated heterocycles. The van der Waals surface area contributed by atoms with Crippen molar-refractivity contribution >= 4 is 39.7 Å². The molecule has 5 aromatic rings. The number of piperidine rings is 1. The highest BCUT2D eigenvalue weighted by atomic mass is 32.1. The second-order valence-corrected chi connectivity index (χ2v) is 10.5. The first-order chi connectivity index (χ1) is 19.4. The lowest BCUT2D eigenvalue weighted by Crippen LogP contribution is -2.34. The number of benzene rings is 1. The molecule has 0 aliphatic carbocycles. The number of carbonyl (C=O) groups excluding carboxylic acids is 1. The summed E-state index contributed by atoms with van der Waals surface area (Å²) in [5, 5.41) is 10.4. The Balaban J connectivity index is 1.35. The van der Waals surface area contributed by atoms with E-state index < -0.39 is 0 Å². The summed E-state index contributed by atoms with van der Waals surface area (Å²) in [5.74, 6) is 1.41. The van der Waals surface area contributed by atoms with Crippen molar-refractivity contribution in [2.45, 2.75) is 26.2 Å². The van der Waals surface area contributed by atoms with Crippen LogP contribution in [0.25, 0.3) is 28.0 Å². The van der Waals surface area contributed by atoms with Gasteiger partial charge in [-0.2, -0.15) is 5.26 Å². The molecule has 1 fully saturated rings. The third kappa shape index (κ3) is 4.67. The van der Waals surface area contributed by atoms with Crippen LogP contribution in [0.1, 0.15) is 30.3 Å². The van der Waals surface area contributed by atoms with Gasteiger partial charge in [-0.05, 0) is 42.8 Å². The fourth-order valence-corrected chi connectivity index (χ4v) is 5.70. The largest absolute Gasteiger partial charge is 0.340 e. The number of Topliss-reactive ketones (excluding diaryl/α,β-unsaturated/α-hetero) is 1. The van der Waals surface area contributed by atoms with Crippen molar-refractivity contribution in [3.63, 3.8) is 0 Å². The molecule has 4 aromatic heterocycles. The molecule has 1 aliphatic rings. The Kier molecular flexibility index (Phi) is 6.69. The number of pyridine rings is 1. The number of aromatic nitrogens is 5. The highest BCUT2D eigenvalue weighted by Crippen LogP contribution is 2.37. The van der Waals surface area contributed by atoms with Crippen molar-refractivity contribution in [3.8, 4) is 28.5 Å². The van der Waals surface area contributed by atoms with Gasteiger partial charge in [-0.25, -0.2) is 24.3 Å². The Bertz CT molecular complexity index is 1740. The zero-order chi connectivity index (χ0) is 27.8. The van der Waals surface area contributed by atoms with E-state index in [1.165, 1.54) is 23.5 Å². The third-order valence-corrected chi connectivity index (χ3v) is 8.05. The lowest BCUT2D eigenvalue weighted by atomic mass is 10.1. The highest BCUT2D eigenvalue weighted by Gasteiger charge is 2.23. The molecule has 0 saturated carbocycles. The Labute approximate surface area is 234 Å². The maximum atomic E-state index is 13.5. The molecule has 200 valence electrons. The van der Waals surface area contributed by atoms with Gasteiger partial charge in [-0.1, -0.05) is 18.3 Å². The average Bonchev–Trinajstić information content (AvgIpc) is 3.59. The lowest BCUT2D eigenvalue weighted by Gasteiger charge is -2.25. The van der Waals surface area contributed by atoms with Gasteiger partial charge in [-0.3, -0.25) is 9.20 Å². The lowest BCUT2D eigenvalue weighted by molar-refractivity contribution is -0.119. The number of imidazole rings is 1. The average molecular weight is 553 g/mol. The van der Waals surface area contributed by atoms with E-state index in [1.807, 2.05) is 46.5 Å². The first kappa shape index (κ1) is 25.6. The topological polar surface area (TPSA) is 103 Å². The van der Waals surface area contributed by atoms with E-state index in [4.69, 9.17) is 9.97 Å². The molecule has 1 aromatic carbocycles. The summed E-state index contributed by atoms with van der Waals surface area (Å²) in [7, 11) is 1.91. The van der Waals surface area contributed by atoms with Crippen LogP contribution in [0, 0.1) is 17.1 Å². The van der Waals surface area contributed by atoms with Gasteiger partial charge in [0.1, 0.15) is 39.7 Å². The minimum Gasteiger partial charge on any atom is -0.340 e. The van der Waals surface area contributed by atoms with E-state index in [-0.39, 0.29) is 11.6 Å². The standard InChI is InChI=1S/C29H25FN8OS/c1-3-23-27(36(2)29-35-26(24(14-31)40-29)18-4-7-21(30)8-5-18)38-17-19(6-9-25(38)34-23)20-15-32-28(33-16-20)37-12-10-22(39)11-13-37/h4-9,15-17H,3,10-13H2,1-2H3. The Hall–Kier alpha value is -4.69. The van der Waals surface area contributed by atoms with Crippen molar-refractivity contribution in [2.75, 3.05) is 29.9 Å². The van der Waals surface area contributed by atoms with Crippen LogP contribution in [0.15, 0.2) is 55.0 Å². The molecule has 0 spiro atoms. The van der Waals surface area contributed by atoms with Crippen LogP contribution in [0.2, 0.25) is 0 Å². The first-order valence-electron chi connectivity index (χ1n) is 13.0. The van der Waals surface area contributed by atoms with Crippen LogP contribution >= 0.6 is 11.3 Å². The van der Waals surface area contributed by atoms with Gasteiger partial charge in [0.15, 0.2) is 5.13 Å². The van der Waals surface area contributed by atoms with Gasteiger partial charge in [-0.15, -0.1) is 0 Å². The first-order valence-corrected chi connectivity index (χ1v) is 13.8. The normalized spacial score (nSPS) is 13.6. The molecular formula is C29H25FN8OS. The number of thiazole rings is 1. The predicted octanol–water partition coefficient (Wildman–Crippen LogP) is 5.43. The quantitative estimate of drug-likeness (QED) is 0.275. The zero-order valence-electron chi connectivity index (χ0n) is 22.0. The number of fused-ring (bicyclic) bond motifs is 1. The van der Waals surface area contributed by atoms with E-state index in [0.717, 1.165) is 28.3 Å². The zero-order valence-corrected chi connectivity index (χ0v) is 22.8. The van der Waals surface area contributed by atoms with Gasteiger partial charge in [0.05, 0.1) is 5.69 Å². The van der Waals surface area contributed by atoms with E-state index in [2.05, 4.69) is 16.0 Å². The van der Waals surface area contributed by atoms with Crippen molar-refractivity contribution in [2.24, 2.45) is 0 Å². The second kappa shape index (κ2) is 10.5. The van der Waals surface area contributed by atoms with Crippen molar-refractivity contribution in [3.05, 3.63) is 71.4 Å². The predicted molar refractivity (Wildman–Crippen MR) is 152 cm³/mol. The van der Waals surface area contributed by atoms with Crippen LogP contribution in [0.4, 0.5) is 21.3 Å². The molecule has 0 radical (unpaired) electrons. The number of carbonyl (C=O) groups is 1. The maximum Gasteiger partial charge on any atom is 0.225 e. The molecule has 0 bridgehead atoms. The summed E-state index contributed by atoms with van der Waals surface area (Å²) in [5.41, 5.74) is 4.67. The van der Waals surface area contributed by atoms with Gasteiger partial charge in [0, 0.05) is 68.3 Å². The van der Waals surface area contributed by atoms with Crippen molar-refractivity contribution < 1.29 is 9.18 Å². The molecule has 40 heavy (non-hydrogen) atoms. The number of nitrogens with zero attached hydrogens (tertiary/aromatic N) is 8. The van der Waals surface area contributed by atoms with Crippen LogP contribution in [0.3, 0.4) is 0 Å². The van der Waals surface area contributed by atoms with Crippen LogP contribution in [0.5, 0.6) is 0 Å². The van der Waals surface area contributed by atoms with Gasteiger partial charge in [0.2, 0.25) is 5.95 Å². The molecule has 9 nitrogen and oxygen atoms in total. The molecule has 0 amide bonds. The Morgan fingerprint density at radius 3 is 2.40 bits per heavy atom. The summed E-state index contributed by atoms with van der Waals surface area (Å²) in [4.78, 5) is 34.8. The number of hydrogen-bond donors (Lipinski definition) is 0. The number of anilines is 3. The minimum absolute atomic E-state index is 0.280. The SMILES string of the molecule is CCc1nc2ccc(-c3cnc(N4CCC(=O)CC4)nc3)cn2c1N(C)c1nc(-c2ccc(F)cc2)c(C#N)s1. The fourth-order valence-electron chi connectivity index (χ4n) is 4.86. The molecule has 5 heterocycles. The molecule has 0 unspecified atom stereocenters. The summed E-state index contributed by atoms with van der Waals surface area (Å²) < 4.78 is 15.5.